The van der Waals surface area contributed by atoms with Gasteiger partial charge in [-0.2, -0.15) is 0 Å². The summed E-state index contributed by atoms with van der Waals surface area (Å²) in [4.78, 5) is 0. The van der Waals surface area contributed by atoms with Crippen LogP contribution in [-0.2, 0) is 0 Å². The molecule has 0 saturated carbocycles. The second kappa shape index (κ2) is 2.31. The Hall–Kier alpha value is -0.300. The van der Waals surface area contributed by atoms with E-state index in [0.29, 0.717) is 12.0 Å². The first-order valence-corrected chi connectivity index (χ1v) is 3.21. The van der Waals surface area contributed by atoms with Crippen LogP contribution >= 0.6 is 0 Å². The molecule has 0 aromatic carbocycles. The topological polar surface area (TPSA) is 12.0 Å². The van der Waals surface area contributed by atoms with Gasteiger partial charge in [0.25, 0.3) is 0 Å². The first-order valence-electron chi connectivity index (χ1n) is 3.21. The predicted molar refractivity (Wildman–Crippen MR) is 35.8 cm³/mol. The molecular formula is C7H13N. The smallest absolute Gasteiger partial charge is 0.0137 e. The fraction of sp³-hybridized carbons (Fsp3) is 0.714. The molecule has 0 saturated heterocycles. The summed E-state index contributed by atoms with van der Waals surface area (Å²) < 4.78 is 0. The molecule has 0 amide bonds. The molecule has 1 nitrogen and oxygen atoms in total. The molecule has 1 heteroatoms. The van der Waals surface area contributed by atoms with E-state index in [0.717, 1.165) is 6.54 Å². The molecule has 0 spiro atoms. The molecular weight excluding hydrogens is 98.1 g/mol. The van der Waals surface area contributed by atoms with Crippen LogP contribution < -0.4 is 5.32 Å². The summed E-state index contributed by atoms with van der Waals surface area (Å²) >= 11 is 0. The van der Waals surface area contributed by atoms with E-state index in [9.17, 15) is 0 Å². The highest BCUT2D eigenvalue weighted by molar-refractivity contribution is 4.97. The maximum atomic E-state index is 3.34. The van der Waals surface area contributed by atoms with Crippen molar-refractivity contribution >= 4 is 0 Å². The first kappa shape index (κ1) is 5.83. The summed E-state index contributed by atoms with van der Waals surface area (Å²) in [5.41, 5.74) is 0. The third kappa shape index (κ3) is 1.10. The number of nitrogens with one attached hydrogen (secondary N) is 1. The standard InChI is InChI=1S/C7H13N/c1-6-4-3-5-8-7(6)2/h3-4,6-8H,5H2,1-2H3/t6-,7+/m1/s1. The van der Waals surface area contributed by atoms with Crippen LogP contribution in [0.5, 0.6) is 0 Å². The summed E-state index contributed by atoms with van der Waals surface area (Å²) in [6, 6.07) is 0.667. The molecule has 0 fully saturated rings. The number of hydrogen-bond donors (Lipinski definition) is 1. The largest absolute Gasteiger partial charge is 0.310 e. The molecule has 0 radical (unpaired) electrons. The van der Waals surface area contributed by atoms with Crippen LogP contribution in [0.25, 0.3) is 0 Å². The molecule has 1 heterocycles. The van der Waals surface area contributed by atoms with Gasteiger partial charge in [-0.15, -0.1) is 0 Å². The van der Waals surface area contributed by atoms with Gasteiger partial charge in [-0.1, -0.05) is 19.1 Å². The zero-order chi connectivity index (χ0) is 5.98. The second-order valence-electron chi connectivity index (χ2n) is 2.48. The number of rotatable bonds is 0. The minimum atomic E-state index is 0.667. The SMILES string of the molecule is C[C@@H]1C=CCN[C@H]1C. The Morgan fingerprint density at radius 3 is 2.62 bits per heavy atom. The Balaban J connectivity index is 2.47. The molecule has 1 N–H and O–H groups in total. The van der Waals surface area contributed by atoms with Crippen molar-refractivity contribution in [3.05, 3.63) is 12.2 Å². The zero-order valence-electron chi connectivity index (χ0n) is 5.52. The highest BCUT2D eigenvalue weighted by Gasteiger charge is 2.09. The molecule has 1 rings (SSSR count). The van der Waals surface area contributed by atoms with Gasteiger partial charge < -0.3 is 5.32 Å². The van der Waals surface area contributed by atoms with Crippen LogP contribution in [-0.4, -0.2) is 12.6 Å². The lowest BCUT2D eigenvalue weighted by atomic mass is 10.0. The summed E-state index contributed by atoms with van der Waals surface area (Å²) in [7, 11) is 0. The molecule has 0 unspecified atom stereocenters. The molecule has 1 aliphatic heterocycles. The minimum absolute atomic E-state index is 0.667. The Labute approximate surface area is 50.8 Å². The van der Waals surface area contributed by atoms with Gasteiger partial charge in [-0.3, -0.25) is 0 Å². The van der Waals surface area contributed by atoms with Crippen LogP contribution in [0.3, 0.4) is 0 Å². The van der Waals surface area contributed by atoms with Crippen LogP contribution in [0.2, 0.25) is 0 Å². The molecule has 0 aromatic heterocycles. The van der Waals surface area contributed by atoms with Gasteiger partial charge in [0.2, 0.25) is 0 Å². The van der Waals surface area contributed by atoms with Crippen molar-refractivity contribution in [2.45, 2.75) is 19.9 Å². The fourth-order valence-electron chi connectivity index (χ4n) is 0.889. The summed E-state index contributed by atoms with van der Waals surface area (Å²) in [6.07, 6.45) is 4.45. The average molecular weight is 111 g/mol. The lowest BCUT2D eigenvalue weighted by Crippen LogP contribution is -2.34. The number of hydrogen-bond acceptors (Lipinski definition) is 1. The Bertz CT molecular complexity index is 96.6. The van der Waals surface area contributed by atoms with Gasteiger partial charge in [0.1, 0.15) is 0 Å². The normalized spacial score (nSPS) is 37.8. The molecule has 0 aliphatic carbocycles. The molecule has 8 heavy (non-hydrogen) atoms. The second-order valence-corrected chi connectivity index (χ2v) is 2.48. The van der Waals surface area contributed by atoms with Crippen LogP contribution in [0.4, 0.5) is 0 Å². The van der Waals surface area contributed by atoms with Crippen molar-refractivity contribution in [3.63, 3.8) is 0 Å². The Morgan fingerprint density at radius 1 is 1.50 bits per heavy atom. The summed E-state index contributed by atoms with van der Waals surface area (Å²) in [5.74, 6) is 0.712. The summed E-state index contributed by atoms with van der Waals surface area (Å²) in [5, 5.41) is 3.34. The van der Waals surface area contributed by atoms with Gasteiger partial charge in [0, 0.05) is 12.6 Å². The van der Waals surface area contributed by atoms with Crippen molar-refractivity contribution in [1.29, 1.82) is 0 Å². The van der Waals surface area contributed by atoms with E-state index in [1.165, 1.54) is 0 Å². The van der Waals surface area contributed by atoms with E-state index in [1.54, 1.807) is 0 Å². The fourth-order valence-corrected chi connectivity index (χ4v) is 0.889. The van der Waals surface area contributed by atoms with Crippen LogP contribution in [0.1, 0.15) is 13.8 Å². The van der Waals surface area contributed by atoms with E-state index in [-0.39, 0.29) is 0 Å². The Kier molecular flexibility index (Phi) is 1.69. The minimum Gasteiger partial charge on any atom is -0.310 e. The zero-order valence-corrected chi connectivity index (χ0v) is 5.52. The van der Waals surface area contributed by atoms with E-state index in [1.807, 2.05) is 0 Å². The molecule has 0 bridgehead atoms. The van der Waals surface area contributed by atoms with Crippen molar-refractivity contribution in [2.24, 2.45) is 5.92 Å². The van der Waals surface area contributed by atoms with E-state index >= 15 is 0 Å². The average Bonchev–Trinajstić information content (AvgIpc) is 1.77. The molecule has 0 aromatic rings. The maximum absolute atomic E-state index is 3.34. The van der Waals surface area contributed by atoms with E-state index in [4.69, 9.17) is 0 Å². The molecule has 2 atom stereocenters. The lowest BCUT2D eigenvalue weighted by Gasteiger charge is -2.21. The highest BCUT2D eigenvalue weighted by Crippen LogP contribution is 2.06. The van der Waals surface area contributed by atoms with Crippen molar-refractivity contribution < 1.29 is 0 Å². The van der Waals surface area contributed by atoms with Crippen LogP contribution in [0, 0.1) is 5.92 Å². The monoisotopic (exact) mass is 111 g/mol. The Morgan fingerprint density at radius 2 is 2.25 bits per heavy atom. The summed E-state index contributed by atoms with van der Waals surface area (Å²) in [6.45, 7) is 5.49. The van der Waals surface area contributed by atoms with E-state index in [2.05, 4.69) is 31.3 Å². The van der Waals surface area contributed by atoms with Gasteiger partial charge >= 0.3 is 0 Å². The van der Waals surface area contributed by atoms with E-state index < -0.39 is 0 Å². The quantitative estimate of drug-likeness (QED) is 0.463. The van der Waals surface area contributed by atoms with Gasteiger partial charge in [-0.25, -0.2) is 0 Å². The highest BCUT2D eigenvalue weighted by atomic mass is 14.9. The van der Waals surface area contributed by atoms with Crippen molar-refractivity contribution in [3.8, 4) is 0 Å². The van der Waals surface area contributed by atoms with Gasteiger partial charge in [0.15, 0.2) is 0 Å². The lowest BCUT2D eigenvalue weighted by molar-refractivity contribution is 0.462. The molecule has 1 aliphatic rings. The van der Waals surface area contributed by atoms with Crippen LogP contribution in [0.15, 0.2) is 12.2 Å². The molecule has 46 valence electrons. The van der Waals surface area contributed by atoms with Gasteiger partial charge in [0.05, 0.1) is 0 Å². The maximum Gasteiger partial charge on any atom is 0.0137 e. The van der Waals surface area contributed by atoms with Crippen molar-refractivity contribution in [1.82, 2.24) is 5.32 Å². The predicted octanol–water partition coefficient (Wildman–Crippen LogP) is 1.17. The van der Waals surface area contributed by atoms with Crippen molar-refractivity contribution in [2.75, 3.05) is 6.54 Å². The first-order chi connectivity index (χ1) is 3.80. The van der Waals surface area contributed by atoms with Gasteiger partial charge in [-0.05, 0) is 12.8 Å². The third-order valence-electron chi connectivity index (χ3n) is 1.79. The third-order valence-corrected chi connectivity index (χ3v) is 1.79.